The van der Waals surface area contributed by atoms with Crippen LogP contribution < -0.4 is 5.32 Å². The van der Waals surface area contributed by atoms with Crippen LogP contribution in [0.2, 0.25) is 0 Å². The Bertz CT molecular complexity index is 494. The summed E-state index contributed by atoms with van der Waals surface area (Å²) >= 11 is 0. The van der Waals surface area contributed by atoms with E-state index in [9.17, 15) is 9.18 Å². The molecule has 1 amide bonds. The van der Waals surface area contributed by atoms with Gasteiger partial charge in [-0.15, -0.1) is 0 Å². The Kier molecular flexibility index (Phi) is 3.77. The van der Waals surface area contributed by atoms with Gasteiger partial charge in [-0.3, -0.25) is 4.79 Å². The topological polar surface area (TPSA) is 29.1 Å². The lowest BCUT2D eigenvalue weighted by Gasteiger charge is -2.27. The second-order valence-electron chi connectivity index (χ2n) is 6.44. The second kappa shape index (κ2) is 5.55. The molecule has 0 heterocycles. The molecule has 2 aliphatic carbocycles. The van der Waals surface area contributed by atoms with Crippen molar-refractivity contribution in [1.29, 1.82) is 0 Å². The number of halogens is 1. The lowest BCUT2D eigenvalue weighted by atomic mass is 9.87. The van der Waals surface area contributed by atoms with E-state index in [1.807, 2.05) is 6.07 Å². The number of hydrogen-bond donors (Lipinski definition) is 1. The number of amides is 1. The lowest BCUT2D eigenvalue weighted by molar-refractivity contribution is -0.123. The third-order valence-electron chi connectivity index (χ3n) is 4.79. The number of hydrogen-bond acceptors (Lipinski definition) is 1. The summed E-state index contributed by atoms with van der Waals surface area (Å²) in [7, 11) is 0. The zero-order valence-corrected chi connectivity index (χ0v) is 11.9. The molecule has 2 nitrogen and oxygen atoms in total. The SMILES string of the molecule is CC1CCC(NC(=O)C2CC2c2ccccc2F)CC1. The Labute approximate surface area is 119 Å². The fourth-order valence-corrected chi connectivity index (χ4v) is 3.32. The highest BCUT2D eigenvalue weighted by molar-refractivity contribution is 5.83. The van der Waals surface area contributed by atoms with Crippen LogP contribution in [0.4, 0.5) is 4.39 Å². The predicted octanol–water partition coefficient (Wildman–Crippen LogP) is 3.62. The number of nitrogens with one attached hydrogen (secondary N) is 1. The van der Waals surface area contributed by atoms with Gasteiger partial charge in [0.05, 0.1) is 0 Å². The van der Waals surface area contributed by atoms with Crippen molar-refractivity contribution < 1.29 is 9.18 Å². The highest BCUT2D eigenvalue weighted by Crippen LogP contribution is 2.48. The van der Waals surface area contributed by atoms with E-state index >= 15 is 0 Å². The van der Waals surface area contributed by atoms with Crippen LogP contribution in [0, 0.1) is 17.7 Å². The maximum atomic E-state index is 13.7. The van der Waals surface area contributed by atoms with Crippen LogP contribution in [-0.2, 0) is 4.79 Å². The van der Waals surface area contributed by atoms with E-state index in [-0.39, 0.29) is 23.6 Å². The van der Waals surface area contributed by atoms with E-state index in [0.29, 0.717) is 11.6 Å². The minimum Gasteiger partial charge on any atom is -0.353 e. The standard InChI is InChI=1S/C17H22FNO/c1-11-6-8-12(9-7-11)19-17(20)15-10-14(15)13-4-2-3-5-16(13)18/h2-5,11-12,14-15H,6-10H2,1H3,(H,19,20). The van der Waals surface area contributed by atoms with Crippen molar-refractivity contribution in [3.05, 3.63) is 35.6 Å². The summed E-state index contributed by atoms with van der Waals surface area (Å²) in [6, 6.07) is 7.15. The highest BCUT2D eigenvalue weighted by Gasteiger charge is 2.45. The molecule has 0 saturated heterocycles. The number of carbonyl (C=O) groups is 1. The smallest absolute Gasteiger partial charge is 0.223 e. The maximum Gasteiger partial charge on any atom is 0.223 e. The third-order valence-corrected chi connectivity index (χ3v) is 4.79. The van der Waals surface area contributed by atoms with Crippen molar-refractivity contribution in [2.75, 3.05) is 0 Å². The minimum atomic E-state index is -0.181. The average molecular weight is 275 g/mol. The number of carbonyl (C=O) groups excluding carboxylic acids is 1. The van der Waals surface area contributed by atoms with E-state index in [1.54, 1.807) is 12.1 Å². The highest BCUT2D eigenvalue weighted by atomic mass is 19.1. The van der Waals surface area contributed by atoms with Crippen molar-refractivity contribution in [3.63, 3.8) is 0 Å². The summed E-state index contributed by atoms with van der Waals surface area (Å²) in [6.45, 7) is 2.27. The van der Waals surface area contributed by atoms with Crippen molar-refractivity contribution >= 4 is 5.91 Å². The number of benzene rings is 1. The molecule has 20 heavy (non-hydrogen) atoms. The zero-order valence-electron chi connectivity index (χ0n) is 11.9. The molecule has 2 aliphatic rings. The summed E-state index contributed by atoms with van der Waals surface area (Å²) in [5, 5.41) is 3.16. The lowest BCUT2D eigenvalue weighted by Crippen LogP contribution is -2.38. The van der Waals surface area contributed by atoms with Crippen LogP contribution >= 0.6 is 0 Å². The van der Waals surface area contributed by atoms with Gasteiger partial charge in [-0.1, -0.05) is 25.1 Å². The molecule has 1 aromatic rings. The van der Waals surface area contributed by atoms with Gasteiger partial charge in [0, 0.05) is 12.0 Å². The molecule has 108 valence electrons. The summed E-state index contributed by atoms with van der Waals surface area (Å²) in [5.41, 5.74) is 0.699. The van der Waals surface area contributed by atoms with Gasteiger partial charge >= 0.3 is 0 Å². The van der Waals surface area contributed by atoms with Crippen LogP contribution in [0.25, 0.3) is 0 Å². The van der Waals surface area contributed by atoms with Crippen molar-refractivity contribution in [2.45, 2.75) is 51.0 Å². The van der Waals surface area contributed by atoms with Gasteiger partial charge in [0.1, 0.15) is 5.82 Å². The molecule has 3 heteroatoms. The molecule has 2 atom stereocenters. The van der Waals surface area contributed by atoms with E-state index in [4.69, 9.17) is 0 Å². The molecule has 1 N–H and O–H groups in total. The Morgan fingerprint density at radius 1 is 1.20 bits per heavy atom. The fraction of sp³-hybridized carbons (Fsp3) is 0.588. The van der Waals surface area contributed by atoms with Crippen LogP contribution in [0.3, 0.4) is 0 Å². The molecule has 3 rings (SSSR count). The zero-order chi connectivity index (χ0) is 14.1. The second-order valence-corrected chi connectivity index (χ2v) is 6.44. The van der Waals surface area contributed by atoms with Crippen LogP contribution in [0.15, 0.2) is 24.3 Å². The monoisotopic (exact) mass is 275 g/mol. The molecule has 0 spiro atoms. The quantitative estimate of drug-likeness (QED) is 0.896. The molecule has 0 bridgehead atoms. The molecule has 2 unspecified atom stereocenters. The van der Waals surface area contributed by atoms with Crippen LogP contribution in [0.5, 0.6) is 0 Å². The maximum absolute atomic E-state index is 13.7. The first-order chi connectivity index (χ1) is 9.65. The van der Waals surface area contributed by atoms with Gasteiger partial charge in [-0.25, -0.2) is 4.39 Å². The molecular weight excluding hydrogens is 253 g/mol. The summed E-state index contributed by atoms with van der Waals surface area (Å²) in [6.07, 6.45) is 5.36. The molecule has 0 aliphatic heterocycles. The molecule has 0 aromatic heterocycles. The third kappa shape index (κ3) is 2.87. The van der Waals surface area contributed by atoms with Gasteiger partial charge in [0.25, 0.3) is 0 Å². The van der Waals surface area contributed by atoms with Gasteiger partial charge in [-0.05, 0) is 55.6 Å². The molecular formula is C17H22FNO. The van der Waals surface area contributed by atoms with Gasteiger partial charge in [0.15, 0.2) is 0 Å². The largest absolute Gasteiger partial charge is 0.353 e. The van der Waals surface area contributed by atoms with E-state index < -0.39 is 0 Å². The Balaban J connectivity index is 1.54. The Morgan fingerprint density at radius 3 is 2.60 bits per heavy atom. The summed E-state index contributed by atoms with van der Waals surface area (Å²) in [5.74, 6) is 0.789. The normalized spacial score (nSPS) is 32.7. The fourth-order valence-electron chi connectivity index (χ4n) is 3.32. The van der Waals surface area contributed by atoms with E-state index in [1.165, 1.54) is 18.9 Å². The Hall–Kier alpha value is -1.38. The first-order valence-electron chi connectivity index (χ1n) is 7.70. The number of rotatable bonds is 3. The van der Waals surface area contributed by atoms with Crippen molar-refractivity contribution in [1.82, 2.24) is 5.32 Å². The first kappa shape index (κ1) is 13.6. The van der Waals surface area contributed by atoms with E-state index in [0.717, 1.165) is 25.2 Å². The van der Waals surface area contributed by atoms with Gasteiger partial charge in [0.2, 0.25) is 5.91 Å². The van der Waals surface area contributed by atoms with Crippen molar-refractivity contribution in [3.8, 4) is 0 Å². The Morgan fingerprint density at radius 2 is 1.90 bits per heavy atom. The first-order valence-corrected chi connectivity index (χ1v) is 7.70. The molecule has 2 fully saturated rings. The van der Waals surface area contributed by atoms with Crippen LogP contribution in [-0.4, -0.2) is 11.9 Å². The summed E-state index contributed by atoms with van der Waals surface area (Å²) in [4.78, 5) is 12.2. The predicted molar refractivity (Wildman–Crippen MR) is 76.8 cm³/mol. The van der Waals surface area contributed by atoms with Crippen LogP contribution in [0.1, 0.15) is 50.5 Å². The molecule has 1 aromatic carbocycles. The molecule has 2 saturated carbocycles. The van der Waals surface area contributed by atoms with Crippen molar-refractivity contribution in [2.24, 2.45) is 11.8 Å². The summed E-state index contributed by atoms with van der Waals surface area (Å²) < 4.78 is 13.7. The average Bonchev–Trinajstić information content (AvgIpc) is 3.22. The van der Waals surface area contributed by atoms with Gasteiger partial charge < -0.3 is 5.32 Å². The minimum absolute atomic E-state index is 0.0220. The molecule has 0 radical (unpaired) electrons. The van der Waals surface area contributed by atoms with Gasteiger partial charge in [-0.2, -0.15) is 0 Å². The van der Waals surface area contributed by atoms with E-state index in [2.05, 4.69) is 12.2 Å².